The first-order valence-electron chi connectivity index (χ1n) is 10.6. The Kier molecular flexibility index (Phi) is 4.22. The molecule has 0 aliphatic heterocycles. The van der Waals surface area contributed by atoms with E-state index in [1.807, 2.05) is 12.1 Å². The van der Waals surface area contributed by atoms with Crippen LogP contribution in [-0.2, 0) is 22.4 Å². The van der Waals surface area contributed by atoms with Crippen LogP contribution >= 0.6 is 0 Å². The summed E-state index contributed by atoms with van der Waals surface area (Å²) in [5.74, 6) is 1.93. The molecule has 2 N–H and O–H groups in total. The Labute approximate surface area is 165 Å². The second kappa shape index (κ2) is 6.64. The molecule has 0 unspecified atom stereocenters. The lowest BCUT2D eigenvalue weighted by molar-refractivity contribution is -0.148. The third-order valence-corrected chi connectivity index (χ3v) is 7.31. The van der Waals surface area contributed by atoms with Gasteiger partial charge in [-0.2, -0.15) is 0 Å². The number of hydrogen-bond donors (Lipinski definition) is 2. The van der Waals surface area contributed by atoms with Gasteiger partial charge in [-0.25, -0.2) is 0 Å². The molecule has 0 spiro atoms. The van der Waals surface area contributed by atoms with Crippen molar-refractivity contribution >= 4 is 22.8 Å². The summed E-state index contributed by atoms with van der Waals surface area (Å²) in [5, 5.41) is 0.958. The smallest absolute Gasteiger partial charge is 0.244 e. The van der Waals surface area contributed by atoms with Gasteiger partial charge in [0, 0.05) is 10.9 Å². The molecule has 5 nitrogen and oxygen atoms in total. The summed E-state index contributed by atoms with van der Waals surface area (Å²) in [7, 11) is 0. The third-order valence-electron chi connectivity index (χ3n) is 7.31. The molecule has 28 heavy (non-hydrogen) atoms. The van der Waals surface area contributed by atoms with Gasteiger partial charge in [0.15, 0.2) is 0 Å². The van der Waals surface area contributed by atoms with Crippen LogP contribution in [0.5, 0.6) is 0 Å². The van der Waals surface area contributed by atoms with E-state index in [1.54, 1.807) is 6.26 Å². The highest BCUT2D eigenvalue weighted by Crippen LogP contribution is 2.60. The zero-order valence-corrected chi connectivity index (χ0v) is 16.4. The Morgan fingerprint density at radius 3 is 2.39 bits per heavy atom. The molecule has 6 rings (SSSR count). The summed E-state index contributed by atoms with van der Waals surface area (Å²) in [6.07, 6.45) is 9.66. The lowest BCUT2D eigenvalue weighted by Gasteiger charge is -2.55. The van der Waals surface area contributed by atoms with Crippen LogP contribution in [0.15, 0.2) is 28.9 Å². The number of amides is 2. The monoisotopic (exact) mass is 380 g/mol. The second-order valence-corrected chi connectivity index (χ2v) is 9.32. The van der Waals surface area contributed by atoms with Gasteiger partial charge in [-0.1, -0.05) is 19.1 Å². The maximum absolute atomic E-state index is 12.9. The Balaban J connectivity index is 1.22. The number of fused-ring (bicyclic) bond motifs is 1. The molecular weight excluding hydrogens is 352 g/mol. The Hall–Kier alpha value is -2.30. The van der Waals surface area contributed by atoms with Crippen molar-refractivity contribution in [3.8, 4) is 0 Å². The zero-order chi connectivity index (χ0) is 19.3. The van der Waals surface area contributed by atoms with Crippen LogP contribution < -0.4 is 10.9 Å². The largest absolute Gasteiger partial charge is 0.464 e. The quantitative estimate of drug-likeness (QED) is 0.790. The van der Waals surface area contributed by atoms with Gasteiger partial charge in [-0.3, -0.25) is 20.4 Å². The number of hydrogen-bond acceptors (Lipinski definition) is 3. The van der Waals surface area contributed by atoms with Crippen LogP contribution in [0, 0.1) is 23.2 Å². The van der Waals surface area contributed by atoms with Crippen molar-refractivity contribution in [1.82, 2.24) is 10.9 Å². The van der Waals surface area contributed by atoms with E-state index < -0.39 is 0 Å². The Bertz CT molecular complexity index is 894. The summed E-state index contributed by atoms with van der Waals surface area (Å²) in [5.41, 5.74) is 8.01. The van der Waals surface area contributed by atoms with Crippen molar-refractivity contribution in [1.29, 1.82) is 0 Å². The van der Waals surface area contributed by atoms with E-state index in [1.165, 1.54) is 24.8 Å². The molecule has 4 fully saturated rings. The van der Waals surface area contributed by atoms with Crippen LogP contribution in [-0.4, -0.2) is 11.8 Å². The van der Waals surface area contributed by atoms with Gasteiger partial charge in [0.1, 0.15) is 5.58 Å². The highest BCUT2D eigenvalue weighted by molar-refractivity contribution is 5.90. The minimum Gasteiger partial charge on any atom is -0.464 e. The van der Waals surface area contributed by atoms with Crippen molar-refractivity contribution in [3.63, 3.8) is 0 Å². The first kappa shape index (κ1) is 17.8. The highest BCUT2D eigenvalue weighted by atomic mass is 16.3. The predicted octanol–water partition coefficient (Wildman–Crippen LogP) is 3.90. The van der Waals surface area contributed by atoms with Gasteiger partial charge in [-0.05, 0) is 74.3 Å². The highest BCUT2D eigenvalue weighted by Gasteiger charge is 2.54. The van der Waals surface area contributed by atoms with Crippen LogP contribution in [0.1, 0.15) is 56.6 Å². The molecule has 2 aromatic rings. The van der Waals surface area contributed by atoms with Crippen molar-refractivity contribution in [3.05, 3.63) is 35.6 Å². The van der Waals surface area contributed by atoms with E-state index in [-0.39, 0.29) is 23.7 Å². The first-order valence-corrected chi connectivity index (χ1v) is 10.6. The average Bonchev–Trinajstić information content (AvgIpc) is 3.07. The molecule has 5 heteroatoms. The van der Waals surface area contributed by atoms with E-state index in [0.29, 0.717) is 17.8 Å². The third kappa shape index (κ3) is 3.01. The SMILES string of the molecule is CCc1ccc2c(CC(=O)NNC(=O)C34CC5CC(CC(C5)C3)C4)coc2c1. The molecule has 2 amide bonds. The number of benzene rings is 1. The fourth-order valence-corrected chi connectivity index (χ4v) is 6.35. The van der Waals surface area contributed by atoms with E-state index >= 15 is 0 Å². The van der Waals surface area contributed by atoms with Crippen LogP contribution in [0.3, 0.4) is 0 Å². The van der Waals surface area contributed by atoms with Gasteiger partial charge in [0.2, 0.25) is 11.8 Å². The minimum atomic E-state index is -0.249. The summed E-state index contributed by atoms with van der Waals surface area (Å²) in [4.78, 5) is 25.4. The molecule has 4 bridgehead atoms. The van der Waals surface area contributed by atoms with Gasteiger partial charge in [0.25, 0.3) is 0 Å². The lowest BCUT2D eigenvalue weighted by Crippen LogP contribution is -2.56. The Morgan fingerprint density at radius 2 is 1.75 bits per heavy atom. The molecule has 1 heterocycles. The van der Waals surface area contributed by atoms with Gasteiger partial charge in [-0.15, -0.1) is 0 Å². The number of hydrazine groups is 1. The fourth-order valence-electron chi connectivity index (χ4n) is 6.35. The number of furan rings is 1. The molecular formula is C23H28N2O3. The molecule has 4 saturated carbocycles. The molecule has 0 saturated heterocycles. The van der Waals surface area contributed by atoms with Crippen molar-refractivity contribution in [2.24, 2.45) is 23.2 Å². The normalized spacial score (nSPS) is 30.5. The van der Waals surface area contributed by atoms with E-state index in [4.69, 9.17) is 4.42 Å². The topological polar surface area (TPSA) is 71.3 Å². The summed E-state index contributed by atoms with van der Waals surface area (Å²) in [6.45, 7) is 2.10. The number of carbonyl (C=O) groups is 2. The van der Waals surface area contributed by atoms with Gasteiger partial charge in [0.05, 0.1) is 18.1 Å². The maximum Gasteiger partial charge on any atom is 0.244 e. The second-order valence-electron chi connectivity index (χ2n) is 9.32. The maximum atomic E-state index is 12.9. The number of aryl methyl sites for hydroxylation is 1. The number of rotatable bonds is 4. The van der Waals surface area contributed by atoms with E-state index in [2.05, 4.69) is 23.8 Å². The standard InChI is InChI=1S/C23H28N2O3/c1-2-14-3-4-19-18(13-28-20(19)8-14)9-21(26)24-25-22(27)23-10-15-5-16(11-23)7-17(6-15)12-23/h3-4,8,13,15-17H,2,5-7,9-12H2,1H3,(H,24,26)(H,25,27). The average molecular weight is 380 g/mol. The minimum absolute atomic E-state index is 0.0181. The van der Waals surface area contributed by atoms with Crippen LogP contribution in [0.25, 0.3) is 11.0 Å². The molecule has 148 valence electrons. The van der Waals surface area contributed by atoms with Crippen molar-refractivity contribution in [2.45, 2.75) is 58.3 Å². The zero-order valence-electron chi connectivity index (χ0n) is 16.4. The van der Waals surface area contributed by atoms with Gasteiger partial charge < -0.3 is 4.42 Å². The molecule has 0 atom stereocenters. The van der Waals surface area contributed by atoms with Crippen LogP contribution in [0.4, 0.5) is 0 Å². The van der Waals surface area contributed by atoms with Crippen LogP contribution in [0.2, 0.25) is 0 Å². The summed E-state index contributed by atoms with van der Waals surface area (Å²) < 4.78 is 5.62. The van der Waals surface area contributed by atoms with E-state index in [9.17, 15) is 9.59 Å². The molecule has 1 aromatic heterocycles. The molecule has 0 radical (unpaired) electrons. The van der Waals surface area contributed by atoms with Gasteiger partial charge >= 0.3 is 0 Å². The summed E-state index contributed by atoms with van der Waals surface area (Å²) in [6, 6.07) is 6.09. The predicted molar refractivity (Wildman–Crippen MR) is 106 cm³/mol. The number of carbonyl (C=O) groups excluding carboxylic acids is 2. The molecule has 4 aliphatic rings. The Morgan fingerprint density at radius 1 is 1.07 bits per heavy atom. The molecule has 1 aromatic carbocycles. The summed E-state index contributed by atoms with van der Waals surface area (Å²) >= 11 is 0. The molecule has 4 aliphatic carbocycles. The van der Waals surface area contributed by atoms with Crippen molar-refractivity contribution < 1.29 is 14.0 Å². The first-order chi connectivity index (χ1) is 13.5. The number of nitrogens with one attached hydrogen (secondary N) is 2. The lowest BCUT2D eigenvalue weighted by atomic mass is 9.49. The van der Waals surface area contributed by atoms with Crippen molar-refractivity contribution in [2.75, 3.05) is 0 Å². The van der Waals surface area contributed by atoms with E-state index in [0.717, 1.165) is 42.2 Å². The fraction of sp³-hybridized carbons (Fsp3) is 0.565.